The lowest BCUT2D eigenvalue weighted by Gasteiger charge is -2.17. The third kappa shape index (κ3) is 2.96. The molecule has 4 nitrogen and oxygen atoms in total. The molecule has 0 bridgehead atoms. The van der Waals surface area contributed by atoms with E-state index in [2.05, 4.69) is 34.5 Å². The lowest BCUT2D eigenvalue weighted by molar-refractivity contribution is 0.585. The maximum atomic E-state index is 4.61. The van der Waals surface area contributed by atoms with Crippen LogP contribution in [0.25, 0.3) is 0 Å². The lowest BCUT2D eigenvalue weighted by Crippen LogP contribution is -2.24. The molecule has 96 valence electrons. The van der Waals surface area contributed by atoms with Crippen LogP contribution in [0.4, 0.5) is 0 Å². The molecule has 1 N–H and O–H groups in total. The van der Waals surface area contributed by atoms with Crippen LogP contribution < -0.4 is 5.32 Å². The topological polar surface area (TPSA) is 42.7 Å². The van der Waals surface area contributed by atoms with E-state index in [9.17, 15) is 0 Å². The Balaban J connectivity index is 2.30. The standard InChI is InChI=1S/C14H20N4/c1-4-8-15-14(12-9-16-18(3)10-12)13-7-5-6-11(2)17-13/h5-7,9-10,14-15H,4,8H2,1-3H3. The Morgan fingerprint density at radius 2 is 2.22 bits per heavy atom. The number of hydrogen-bond donors (Lipinski definition) is 1. The molecule has 1 unspecified atom stereocenters. The summed E-state index contributed by atoms with van der Waals surface area (Å²) in [7, 11) is 1.93. The molecule has 2 rings (SSSR count). The summed E-state index contributed by atoms with van der Waals surface area (Å²) in [5.41, 5.74) is 3.25. The van der Waals surface area contributed by atoms with Crippen molar-refractivity contribution in [3.05, 3.63) is 47.5 Å². The molecule has 0 spiro atoms. The molecule has 0 aliphatic rings. The summed E-state index contributed by atoms with van der Waals surface area (Å²) in [4.78, 5) is 4.61. The van der Waals surface area contributed by atoms with Crippen molar-refractivity contribution >= 4 is 0 Å². The van der Waals surface area contributed by atoms with Crippen molar-refractivity contribution in [1.82, 2.24) is 20.1 Å². The zero-order valence-electron chi connectivity index (χ0n) is 11.2. The fraction of sp³-hybridized carbons (Fsp3) is 0.429. The van der Waals surface area contributed by atoms with E-state index >= 15 is 0 Å². The summed E-state index contributed by atoms with van der Waals surface area (Å²) in [6.45, 7) is 5.15. The van der Waals surface area contributed by atoms with Crippen LogP contribution >= 0.6 is 0 Å². The minimum atomic E-state index is 0.124. The van der Waals surface area contributed by atoms with Crippen molar-refractivity contribution in [2.75, 3.05) is 6.54 Å². The predicted molar refractivity (Wildman–Crippen MR) is 72.3 cm³/mol. The molecule has 0 amide bonds. The molecule has 1 atom stereocenters. The molecule has 0 aromatic carbocycles. The van der Waals surface area contributed by atoms with Crippen LogP contribution in [0.3, 0.4) is 0 Å². The van der Waals surface area contributed by atoms with Gasteiger partial charge in [0.05, 0.1) is 17.9 Å². The number of pyridine rings is 1. The highest BCUT2D eigenvalue weighted by molar-refractivity contribution is 5.25. The van der Waals surface area contributed by atoms with Gasteiger partial charge in [-0.3, -0.25) is 9.67 Å². The molecule has 0 fully saturated rings. The molecule has 0 saturated carbocycles. The molecule has 18 heavy (non-hydrogen) atoms. The van der Waals surface area contributed by atoms with Crippen molar-refractivity contribution in [1.29, 1.82) is 0 Å². The quantitative estimate of drug-likeness (QED) is 0.877. The largest absolute Gasteiger partial charge is 0.305 e. The van der Waals surface area contributed by atoms with Crippen LogP contribution in [0.5, 0.6) is 0 Å². The van der Waals surface area contributed by atoms with Gasteiger partial charge in [-0.25, -0.2) is 0 Å². The number of nitrogens with one attached hydrogen (secondary N) is 1. The average molecular weight is 244 g/mol. The van der Waals surface area contributed by atoms with Crippen LogP contribution in [0, 0.1) is 6.92 Å². The number of aryl methyl sites for hydroxylation is 2. The fourth-order valence-corrected chi connectivity index (χ4v) is 2.00. The Hall–Kier alpha value is -1.68. The number of aromatic nitrogens is 3. The van der Waals surface area contributed by atoms with Gasteiger partial charge in [-0.15, -0.1) is 0 Å². The highest BCUT2D eigenvalue weighted by Crippen LogP contribution is 2.19. The first-order valence-corrected chi connectivity index (χ1v) is 6.36. The Morgan fingerprint density at radius 3 is 2.83 bits per heavy atom. The summed E-state index contributed by atoms with van der Waals surface area (Å²) in [6, 6.07) is 6.25. The van der Waals surface area contributed by atoms with Gasteiger partial charge in [0.1, 0.15) is 0 Å². The first-order valence-electron chi connectivity index (χ1n) is 6.36. The van der Waals surface area contributed by atoms with Gasteiger partial charge >= 0.3 is 0 Å². The maximum Gasteiger partial charge on any atom is 0.0782 e. The van der Waals surface area contributed by atoms with Gasteiger partial charge in [0, 0.05) is 24.5 Å². The molecule has 2 heterocycles. The second-order valence-electron chi connectivity index (χ2n) is 4.54. The molecular weight excluding hydrogens is 224 g/mol. The van der Waals surface area contributed by atoms with Gasteiger partial charge in [-0.1, -0.05) is 13.0 Å². The van der Waals surface area contributed by atoms with E-state index in [-0.39, 0.29) is 6.04 Å². The van der Waals surface area contributed by atoms with E-state index in [1.54, 1.807) is 0 Å². The van der Waals surface area contributed by atoms with E-state index < -0.39 is 0 Å². The average Bonchev–Trinajstić information content (AvgIpc) is 2.76. The van der Waals surface area contributed by atoms with Gasteiger partial charge < -0.3 is 5.32 Å². The zero-order chi connectivity index (χ0) is 13.0. The summed E-state index contributed by atoms with van der Waals surface area (Å²) in [5, 5.41) is 7.77. The third-order valence-corrected chi connectivity index (χ3v) is 2.86. The number of hydrogen-bond acceptors (Lipinski definition) is 3. The minimum Gasteiger partial charge on any atom is -0.305 e. The Labute approximate surface area is 108 Å². The Kier molecular flexibility index (Phi) is 4.10. The third-order valence-electron chi connectivity index (χ3n) is 2.86. The highest BCUT2D eigenvalue weighted by Gasteiger charge is 2.16. The van der Waals surface area contributed by atoms with E-state index in [1.165, 1.54) is 0 Å². The van der Waals surface area contributed by atoms with Crippen LogP contribution in [0.2, 0.25) is 0 Å². The normalized spacial score (nSPS) is 12.6. The summed E-state index contributed by atoms with van der Waals surface area (Å²) in [5.74, 6) is 0. The molecular formula is C14H20N4. The van der Waals surface area contributed by atoms with Crippen LogP contribution in [-0.2, 0) is 7.05 Å². The first-order chi connectivity index (χ1) is 8.70. The van der Waals surface area contributed by atoms with Gasteiger partial charge in [-0.05, 0) is 32.0 Å². The molecule has 2 aromatic rings. The molecule has 0 radical (unpaired) electrons. The van der Waals surface area contributed by atoms with Gasteiger partial charge in [-0.2, -0.15) is 5.10 Å². The van der Waals surface area contributed by atoms with Crippen molar-refractivity contribution in [2.24, 2.45) is 7.05 Å². The van der Waals surface area contributed by atoms with Gasteiger partial charge in [0.15, 0.2) is 0 Å². The van der Waals surface area contributed by atoms with Crippen molar-refractivity contribution < 1.29 is 0 Å². The van der Waals surface area contributed by atoms with E-state index in [4.69, 9.17) is 0 Å². The molecule has 0 aliphatic heterocycles. The monoisotopic (exact) mass is 244 g/mol. The number of rotatable bonds is 5. The zero-order valence-corrected chi connectivity index (χ0v) is 11.2. The minimum absolute atomic E-state index is 0.124. The van der Waals surface area contributed by atoms with Gasteiger partial charge in [0.2, 0.25) is 0 Å². The van der Waals surface area contributed by atoms with E-state index in [0.29, 0.717) is 0 Å². The molecule has 2 aromatic heterocycles. The van der Waals surface area contributed by atoms with Crippen LogP contribution in [0.15, 0.2) is 30.6 Å². The maximum absolute atomic E-state index is 4.61. The first kappa shape index (κ1) is 12.8. The fourth-order valence-electron chi connectivity index (χ4n) is 2.00. The predicted octanol–water partition coefficient (Wildman–Crippen LogP) is 2.21. The molecule has 0 aliphatic carbocycles. The van der Waals surface area contributed by atoms with Crippen molar-refractivity contribution in [3.8, 4) is 0 Å². The summed E-state index contributed by atoms with van der Waals surface area (Å²) < 4.78 is 1.83. The highest BCUT2D eigenvalue weighted by atomic mass is 15.2. The number of nitrogens with zero attached hydrogens (tertiary/aromatic N) is 3. The SMILES string of the molecule is CCCNC(c1cnn(C)c1)c1cccc(C)n1. The van der Waals surface area contributed by atoms with Crippen LogP contribution in [0.1, 0.15) is 36.3 Å². The summed E-state index contributed by atoms with van der Waals surface area (Å²) >= 11 is 0. The second kappa shape index (κ2) is 5.78. The van der Waals surface area contributed by atoms with Gasteiger partial charge in [0.25, 0.3) is 0 Å². The summed E-state index contributed by atoms with van der Waals surface area (Å²) in [6.07, 6.45) is 5.04. The molecule has 4 heteroatoms. The molecule has 0 saturated heterocycles. The van der Waals surface area contributed by atoms with E-state index in [0.717, 1.165) is 29.9 Å². The van der Waals surface area contributed by atoms with Crippen molar-refractivity contribution in [2.45, 2.75) is 26.3 Å². The van der Waals surface area contributed by atoms with Crippen LogP contribution in [-0.4, -0.2) is 21.3 Å². The Bertz CT molecular complexity index is 504. The van der Waals surface area contributed by atoms with E-state index in [1.807, 2.05) is 37.1 Å². The van der Waals surface area contributed by atoms with Crippen molar-refractivity contribution in [3.63, 3.8) is 0 Å². The Morgan fingerprint density at radius 1 is 1.39 bits per heavy atom. The lowest BCUT2D eigenvalue weighted by atomic mass is 10.1. The smallest absolute Gasteiger partial charge is 0.0782 e. The second-order valence-corrected chi connectivity index (χ2v) is 4.54.